The molecule has 0 radical (unpaired) electrons. The van der Waals surface area contributed by atoms with E-state index in [1.54, 1.807) is 24.3 Å². The molecule has 106 valence electrons. The molecule has 4 heteroatoms. The van der Waals surface area contributed by atoms with Gasteiger partial charge >= 0.3 is 6.03 Å². The first-order valence-corrected chi connectivity index (χ1v) is 6.79. The minimum Gasteiger partial charge on any atom is -0.336 e. The molecule has 0 aromatic heterocycles. The summed E-state index contributed by atoms with van der Waals surface area (Å²) in [6, 6.07) is 18.9. The maximum atomic E-state index is 11.3. The number of nitrogens with one attached hydrogen (secondary N) is 2. The third kappa shape index (κ3) is 7.44. The van der Waals surface area contributed by atoms with Gasteiger partial charge in [0, 0.05) is 16.8 Å². The Morgan fingerprint density at radius 3 is 1.80 bits per heavy atom. The van der Waals surface area contributed by atoms with E-state index >= 15 is 0 Å². The van der Waals surface area contributed by atoms with Crippen LogP contribution in [0.5, 0.6) is 0 Å². The molecule has 2 aromatic rings. The second-order valence-corrected chi connectivity index (χ2v) is 4.85. The van der Waals surface area contributed by atoms with Gasteiger partial charge in [-0.1, -0.05) is 48.0 Å². The fourth-order valence-electron chi connectivity index (χ4n) is 1.35. The highest BCUT2D eigenvalue weighted by molar-refractivity contribution is 6.30. The number of hydrogen-bond donors (Lipinski definition) is 2. The van der Waals surface area contributed by atoms with E-state index in [0.29, 0.717) is 5.02 Å². The zero-order chi connectivity index (χ0) is 14.8. The summed E-state index contributed by atoms with van der Waals surface area (Å²) in [6.07, 6.45) is 0. The van der Waals surface area contributed by atoms with Crippen LogP contribution < -0.4 is 10.6 Å². The maximum absolute atomic E-state index is 11.3. The molecule has 0 aliphatic rings. The van der Waals surface area contributed by atoms with E-state index in [4.69, 9.17) is 11.6 Å². The molecule has 0 aliphatic heterocycles. The van der Waals surface area contributed by atoms with E-state index in [1.807, 2.05) is 50.2 Å². The number of halogens is 1. The van der Waals surface area contributed by atoms with Crippen molar-refractivity contribution in [2.45, 2.75) is 19.9 Å². The average molecular weight is 291 g/mol. The van der Waals surface area contributed by atoms with E-state index in [1.165, 1.54) is 0 Å². The van der Waals surface area contributed by atoms with Gasteiger partial charge in [0.2, 0.25) is 0 Å². The summed E-state index contributed by atoms with van der Waals surface area (Å²) in [5.74, 6) is 0. The Kier molecular flexibility index (Phi) is 7.22. The summed E-state index contributed by atoms with van der Waals surface area (Å²) >= 11 is 5.70. The quantitative estimate of drug-likeness (QED) is 0.836. The van der Waals surface area contributed by atoms with Crippen LogP contribution in [-0.2, 0) is 0 Å². The molecule has 0 bridgehead atoms. The third-order valence-electron chi connectivity index (χ3n) is 2.19. The number of hydrogen-bond acceptors (Lipinski definition) is 1. The lowest BCUT2D eigenvalue weighted by Gasteiger charge is -2.09. The van der Waals surface area contributed by atoms with Crippen LogP contribution in [0.15, 0.2) is 60.7 Å². The van der Waals surface area contributed by atoms with Crippen molar-refractivity contribution in [1.29, 1.82) is 0 Å². The second-order valence-electron chi connectivity index (χ2n) is 4.41. The molecule has 2 amide bonds. The summed E-state index contributed by atoms with van der Waals surface area (Å²) in [5.41, 5.74) is 0.729. The van der Waals surface area contributed by atoms with Gasteiger partial charge in [-0.05, 0) is 38.1 Å². The van der Waals surface area contributed by atoms with Gasteiger partial charge in [-0.25, -0.2) is 4.79 Å². The molecule has 0 spiro atoms. The molecule has 0 unspecified atom stereocenters. The topological polar surface area (TPSA) is 41.1 Å². The monoisotopic (exact) mass is 290 g/mol. The summed E-state index contributed by atoms with van der Waals surface area (Å²) in [5, 5.41) is 6.07. The SMILES string of the molecule is CC(C)NC(=O)Nc1ccc(Cl)cc1.c1ccccc1. The lowest BCUT2D eigenvalue weighted by Crippen LogP contribution is -2.34. The molecule has 2 N–H and O–H groups in total. The Bertz CT molecular complexity index is 471. The van der Waals surface area contributed by atoms with Gasteiger partial charge in [0.25, 0.3) is 0 Å². The molecule has 0 aliphatic carbocycles. The van der Waals surface area contributed by atoms with Gasteiger partial charge in [0.05, 0.1) is 0 Å². The van der Waals surface area contributed by atoms with E-state index in [9.17, 15) is 4.79 Å². The lowest BCUT2D eigenvalue weighted by molar-refractivity contribution is 0.250. The molecule has 0 atom stereocenters. The summed E-state index contributed by atoms with van der Waals surface area (Å²) < 4.78 is 0. The van der Waals surface area contributed by atoms with Crippen molar-refractivity contribution in [1.82, 2.24) is 5.32 Å². The van der Waals surface area contributed by atoms with Crippen LogP contribution in [0.1, 0.15) is 13.8 Å². The van der Waals surface area contributed by atoms with Crippen molar-refractivity contribution in [2.24, 2.45) is 0 Å². The van der Waals surface area contributed by atoms with Crippen molar-refractivity contribution >= 4 is 23.3 Å². The van der Waals surface area contributed by atoms with Gasteiger partial charge in [-0.3, -0.25) is 0 Å². The van der Waals surface area contributed by atoms with Crippen molar-refractivity contribution in [3.8, 4) is 0 Å². The standard InChI is InChI=1S/C10H13ClN2O.C6H6/c1-7(2)12-10(14)13-9-5-3-8(11)4-6-9;1-2-4-6-5-3-1/h3-7H,1-2H3,(H2,12,13,14);1-6H. The Balaban J connectivity index is 0.000000276. The maximum Gasteiger partial charge on any atom is 0.319 e. The van der Waals surface area contributed by atoms with Gasteiger partial charge in [0.1, 0.15) is 0 Å². The predicted octanol–water partition coefficient (Wildman–Crippen LogP) is 4.56. The molecule has 0 fully saturated rings. The predicted molar refractivity (Wildman–Crippen MR) is 85.2 cm³/mol. The van der Waals surface area contributed by atoms with Crippen LogP contribution in [0.4, 0.5) is 10.5 Å². The Morgan fingerprint density at radius 2 is 1.40 bits per heavy atom. The van der Waals surface area contributed by atoms with Crippen LogP contribution in [0, 0.1) is 0 Å². The first kappa shape index (κ1) is 16.1. The van der Waals surface area contributed by atoms with Crippen molar-refractivity contribution in [2.75, 3.05) is 5.32 Å². The lowest BCUT2D eigenvalue weighted by atomic mass is 10.3. The van der Waals surface area contributed by atoms with Gasteiger partial charge in [-0.2, -0.15) is 0 Å². The number of amides is 2. The van der Waals surface area contributed by atoms with Crippen LogP contribution in [-0.4, -0.2) is 12.1 Å². The summed E-state index contributed by atoms with van der Waals surface area (Å²) in [7, 11) is 0. The van der Waals surface area contributed by atoms with Crippen molar-refractivity contribution < 1.29 is 4.79 Å². The minimum absolute atomic E-state index is 0.127. The molecule has 0 saturated heterocycles. The Morgan fingerprint density at radius 1 is 0.950 bits per heavy atom. The zero-order valence-electron chi connectivity index (χ0n) is 11.6. The minimum atomic E-state index is -0.206. The number of carbonyl (C=O) groups is 1. The van der Waals surface area contributed by atoms with E-state index in [-0.39, 0.29) is 12.1 Å². The van der Waals surface area contributed by atoms with E-state index in [2.05, 4.69) is 10.6 Å². The summed E-state index contributed by atoms with van der Waals surface area (Å²) in [6.45, 7) is 3.81. The molecule has 0 saturated carbocycles. The first-order chi connectivity index (χ1) is 9.58. The fraction of sp³-hybridized carbons (Fsp3) is 0.188. The van der Waals surface area contributed by atoms with Crippen molar-refractivity contribution in [3.05, 3.63) is 65.7 Å². The van der Waals surface area contributed by atoms with E-state index in [0.717, 1.165) is 5.69 Å². The second kappa shape index (κ2) is 8.99. The van der Waals surface area contributed by atoms with E-state index < -0.39 is 0 Å². The van der Waals surface area contributed by atoms with Gasteiger partial charge in [-0.15, -0.1) is 0 Å². The molecular weight excluding hydrogens is 272 g/mol. The van der Waals surface area contributed by atoms with Gasteiger partial charge in [0.15, 0.2) is 0 Å². The normalized spacial score (nSPS) is 9.40. The molecule has 2 rings (SSSR count). The smallest absolute Gasteiger partial charge is 0.319 e. The number of anilines is 1. The largest absolute Gasteiger partial charge is 0.336 e. The van der Waals surface area contributed by atoms with Crippen LogP contribution in [0.25, 0.3) is 0 Å². The van der Waals surface area contributed by atoms with Crippen LogP contribution in [0.3, 0.4) is 0 Å². The summed E-state index contributed by atoms with van der Waals surface area (Å²) in [4.78, 5) is 11.3. The molecule has 0 heterocycles. The molecule has 3 nitrogen and oxygen atoms in total. The highest BCUT2D eigenvalue weighted by Gasteiger charge is 2.02. The molecule has 20 heavy (non-hydrogen) atoms. The number of rotatable bonds is 2. The van der Waals surface area contributed by atoms with Crippen LogP contribution >= 0.6 is 11.6 Å². The zero-order valence-corrected chi connectivity index (χ0v) is 12.4. The number of benzene rings is 2. The van der Waals surface area contributed by atoms with Crippen LogP contribution in [0.2, 0.25) is 5.02 Å². The van der Waals surface area contributed by atoms with Crippen molar-refractivity contribution in [3.63, 3.8) is 0 Å². The first-order valence-electron chi connectivity index (χ1n) is 6.41. The number of carbonyl (C=O) groups excluding carboxylic acids is 1. The molecular formula is C16H19ClN2O. The fourth-order valence-corrected chi connectivity index (χ4v) is 1.47. The molecule has 2 aromatic carbocycles. The Hall–Kier alpha value is -2.00. The average Bonchev–Trinajstić information content (AvgIpc) is 2.43. The third-order valence-corrected chi connectivity index (χ3v) is 2.44. The van der Waals surface area contributed by atoms with Gasteiger partial charge < -0.3 is 10.6 Å². The number of urea groups is 1. The highest BCUT2D eigenvalue weighted by Crippen LogP contribution is 2.12. The Labute approximate surface area is 125 Å². The highest BCUT2D eigenvalue weighted by atomic mass is 35.5.